The number of carbonyl (C=O) groups is 1. The van der Waals surface area contributed by atoms with Gasteiger partial charge in [-0.2, -0.15) is 13.2 Å². The molecule has 0 radical (unpaired) electrons. The average molecular weight is 359 g/mol. The molecule has 0 aliphatic carbocycles. The van der Waals surface area contributed by atoms with E-state index >= 15 is 0 Å². The minimum absolute atomic E-state index is 0.0406. The van der Waals surface area contributed by atoms with Crippen molar-refractivity contribution in [3.8, 4) is 0 Å². The molecule has 0 aromatic heterocycles. The minimum atomic E-state index is -4.37. The number of halogens is 3. The third-order valence-electron chi connectivity index (χ3n) is 4.05. The number of nitrogens with one attached hydrogen (secondary N) is 2. The number of nitrogens with zero attached hydrogens (tertiary/aromatic N) is 1. The number of rotatable bonds is 8. The number of amides is 1. The van der Waals surface area contributed by atoms with Crippen LogP contribution in [0, 0.1) is 0 Å². The predicted molar refractivity (Wildman–Crippen MR) is 88.0 cm³/mol. The van der Waals surface area contributed by atoms with Gasteiger partial charge in [-0.3, -0.25) is 9.69 Å². The largest absolute Gasteiger partial charge is 0.405 e. The van der Waals surface area contributed by atoms with Crippen LogP contribution in [0.15, 0.2) is 30.3 Å². The van der Waals surface area contributed by atoms with E-state index in [1.54, 1.807) is 0 Å². The maximum Gasteiger partial charge on any atom is 0.405 e. The fourth-order valence-corrected chi connectivity index (χ4v) is 2.67. The smallest absolute Gasteiger partial charge is 0.376 e. The highest BCUT2D eigenvalue weighted by Crippen LogP contribution is 2.24. The maximum atomic E-state index is 13.2. The van der Waals surface area contributed by atoms with Gasteiger partial charge in [-0.1, -0.05) is 30.3 Å². The van der Waals surface area contributed by atoms with Crippen molar-refractivity contribution in [1.82, 2.24) is 15.5 Å². The van der Waals surface area contributed by atoms with Gasteiger partial charge >= 0.3 is 6.18 Å². The van der Waals surface area contributed by atoms with E-state index in [4.69, 9.17) is 4.74 Å². The van der Waals surface area contributed by atoms with E-state index < -0.39 is 24.7 Å². The van der Waals surface area contributed by atoms with Gasteiger partial charge in [-0.25, -0.2) is 0 Å². The van der Waals surface area contributed by atoms with Crippen molar-refractivity contribution in [3.63, 3.8) is 0 Å². The highest BCUT2D eigenvalue weighted by Gasteiger charge is 2.43. The highest BCUT2D eigenvalue weighted by atomic mass is 19.4. The van der Waals surface area contributed by atoms with E-state index in [9.17, 15) is 18.0 Å². The lowest BCUT2D eigenvalue weighted by Crippen LogP contribution is -2.57. The molecule has 140 valence electrons. The third kappa shape index (κ3) is 7.01. The molecule has 0 saturated carbocycles. The van der Waals surface area contributed by atoms with Crippen molar-refractivity contribution in [2.75, 3.05) is 39.3 Å². The highest BCUT2D eigenvalue weighted by molar-refractivity contribution is 5.76. The van der Waals surface area contributed by atoms with Crippen LogP contribution >= 0.6 is 0 Å². The standard InChI is InChI=1S/C17H24F3N3O2/c18-17(19,20)15(23-9-7-21-8-10-23)12-22-16(24)6-11-25-13-14-4-2-1-3-5-14/h1-5,15,21H,6-13H2,(H,22,24). The summed E-state index contributed by atoms with van der Waals surface area (Å²) in [4.78, 5) is 13.1. The summed E-state index contributed by atoms with van der Waals surface area (Å²) in [5, 5.41) is 5.41. The molecule has 2 rings (SSSR count). The average Bonchev–Trinajstić information content (AvgIpc) is 2.59. The van der Waals surface area contributed by atoms with Crippen LogP contribution in [0.1, 0.15) is 12.0 Å². The van der Waals surface area contributed by atoms with Crippen molar-refractivity contribution in [1.29, 1.82) is 0 Å². The van der Waals surface area contributed by atoms with Gasteiger partial charge in [0.05, 0.1) is 13.2 Å². The van der Waals surface area contributed by atoms with Crippen molar-refractivity contribution in [3.05, 3.63) is 35.9 Å². The lowest BCUT2D eigenvalue weighted by Gasteiger charge is -2.35. The second-order valence-electron chi connectivity index (χ2n) is 5.94. The second kappa shape index (κ2) is 9.74. The van der Waals surface area contributed by atoms with Crippen molar-refractivity contribution >= 4 is 5.91 Å². The molecule has 1 unspecified atom stereocenters. The number of piperazine rings is 1. The number of alkyl halides is 3. The lowest BCUT2D eigenvalue weighted by molar-refractivity contribution is -0.184. The molecule has 1 heterocycles. The third-order valence-corrected chi connectivity index (χ3v) is 4.05. The van der Waals surface area contributed by atoms with Crippen molar-refractivity contribution < 1.29 is 22.7 Å². The minimum Gasteiger partial charge on any atom is -0.376 e. The summed E-state index contributed by atoms with van der Waals surface area (Å²) in [5.41, 5.74) is 0.985. The number of carbonyl (C=O) groups excluding carboxylic acids is 1. The van der Waals surface area contributed by atoms with Crippen LogP contribution in [-0.2, 0) is 16.1 Å². The molecule has 0 bridgehead atoms. The zero-order valence-corrected chi connectivity index (χ0v) is 14.0. The molecule has 2 N–H and O–H groups in total. The van der Waals surface area contributed by atoms with Crippen LogP contribution in [0.4, 0.5) is 13.2 Å². The molecule has 1 aromatic rings. The zero-order chi connectivity index (χ0) is 18.1. The Morgan fingerprint density at radius 2 is 1.92 bits per heavy atom. The Morgan fingerprint density at radius 1 is 1.24 bits per heavy atom. The van der Waals surface area contributed by atoms with Gasteiger partial charge in [-0.15, -0.1) is 0 Å². The normalized spacial score (nSPS) is 17.2. The quantitative estimate of drug-likeness (QED) is 0.692. The van der Waals surface area contributed by atoms with E-state index in [0.717, 1.165) is 5.56 Å². The summed E-state index contributed by atoms with van der Waals surface area (Å²) < 4.78 is 45.0. The van der Waals surface area contributed by atoms with Gasteiger partial charge in [-0.05, 0) is 5.56 Å². The Bertz CT molecular complexity index is 520. The summed E-state index contributed by atoms with van der Waals surface area (Å²) in [6.07, 6.45) is -4.33. The second-order valence-corrected chi connectivity index (χ2v) is 5.94. The first-order chi connectivity index (χ1) is 12.0. The summed E-state index contributed by atoms with van der Waals surface area (Å²) in [5.74, 6) is -0.433. The monoisotopic (exact) mass is 359 g/mol. The van der Waals surface area contributed by atoms with Crippen LogP contribution in [0.2, 0.25) is 0 Å². The Balaban J connectivity index is 1.69. The van der Waals surface area contributed by atoms with Gasteiger partial charge in [0, 0.05) is 39.1 Å². The lowest BCUT2D eigenvalue weighted by atomic mass is 10.2. The first kappa shape index (κ1) is 19.7. The first-order valence-corrected chi connectivity index (χ1v) is 8.36. The molecular weight excluding hydrogens is 335 g/mol. The van der Waals surface area contributed by atoms with Gasteiger partial charge in [0.2, 0.25) is 5.91 Å². The van der Waals surface area contributed by atoms with Crippen LogP contribution in [-0.4, -0.2) is 62.4 Å². The summed E-state index contributed by atoms with van der Waals surface area (Å²) in [6.45, 7) is 1.80. The predicted octanol–water partition coefficient (Wildman–Crippen LogP) is 1.55. The van der Waals surface area contributed by atoms with E-state index in [1.165, 1.54) is 4.90 Å². The number of benzene rings is 1. The molecule has 1 aliphatic heterocycles. The van der Waals surface area contributed by atoms with E-state index in [2.05, 4.69) is 10.6 Å². The SMILES string of the molecule is O=C(CCOCc1ccccc1)NCC(N1CCNCC1)C(F)(F)F. The molecule has 0 spiro atoms. The zero-order valence-electron chi connectivity index (χ0n) is 14.0. The van der Waals surface area contributed by atoms with Crippen molar-refractivity contribution in [2.45, 2.75) is 25.2 Å². The fourth-order valence-electron chi connectivity index (χ4n) is 2.67. The number of ether oxygens (including phenoxy) is 1. The van der Waals surface area contributed by atoms with Crippen LogP contribution in [0.25, 0.3) is 0 Å². The number of hydrogen-bond donors (Lipinski definition) is 2. The van der Waals surface area contributed by atoms with Crippen molar-refractivity contribution in [2.24, 2.45) is 0 Å². The molecule has 1 aliphatic rings. The molecule has 8 heteroatoms. The maximum absolute atomic E-state index is 13.2. The molecule has 1 fully saturated rings. The van der Waals surface area contributed by atoms with Gasteiger partial charge in [0.15, 0.2) is 0 Å². The molecule has 1 saturated heterocycles. The van der Waals surface area contributed by atoms with E-state index in [-0.39, 0.29) is 13.0 Å². The van der Waals surface area contributed by atoms with Crippen LogP contribution < -0.4 is 10.6 Å². The van der Waals surface area contributed by atoms with E-state index in [0.29, 0.717) is 32.8 Å². The Labute approximate surface area is 145 Å². The Kier molecular flexibility index (Phi) is 7.67. The molecule has 5 nitrogen and oxygen atoms in total. The Hall–Kier alpha value is -1.64. The van der Waals surface area contributed by atoms with Crippen LogP contribution in [0.3, 0.4) is 0 Å². The topological polar surface area (TPSA) is 53.6 Å². The van der Waals surface area contributed by atoms with Crippen LogP contribution in [0.5, 0.6) is 0 Å². The molecule has 1 amide bonds. The fraction of sp³-hybridized carbons (Fsp3) is 0.588. The van der Waals surface area contributed by atoms with E-state index in [1.807, 2.05) is 30.3 Å². The first-order valence-electron chi connectivity index (χ1n) is 8.36. The van der Waals surface area contributed by atoms with Gasteiger partial charge in [0.1, 0.15) is 6.04 Å². The number of hydrogen-bond acceptors (Lipinski definition) is 4. The molecule has 1 atom stereocenters. The molecule has 1 aromatic carbocycles. The molecule has 25 heavy (non-hydrogen) atoms. The summed E-state index contributed by atoms with van der Waals surface area (Å²) in [7, 11) is 0. The van der Waals surface area contributed by atoms with Gasteiger partial charge < -0.3 is 15.4 Å². The Morgan fingerprint density at radius 3 is 2.56 bits per heavy atom. The molecular formula is C17H24F3N3O2. The summed E-state index contributed by atoms with van der Waals surface area (Å²) in [6, 6.07) is 7.83. The van der Waals surface area contributed by atoms with Gasteiger partial charge in [0.25, 0.3) is 0 Å². The summed E-state index contributed by atoms with van der Waals surface area (Å²) >= 11 is 0.